The van der Waals surface area contributed by atoms with Crippen LogP contribution < -0.4 is 10.5 Å². The standard InChI is InChI=1S/C9H12O3S.C5H5BrFN2/c1-6-4-7(2)9(8(3)5-6)13(10,11)12;6-4-1-5(7)3-9(8)2-4/h4-5H,1-3H3,(H,10,11,12);1-3H,8H2/q;+1/p-1. The average molecular weight is 391 g/mol. The lowest BCUT2D eigenvalue weighted by Crippen LogP contribution is -2.43. The molecule has 0 fully saturated rings. The summed E-state index contributed by atoms with van der Waals surface area (Å²) in [5.41, 5.74) is 2.00. The van der Waals surface area contributed by atoms with Crippen LogP contribution in [0, 0.1) is 26.6 Å². The number of nitrogen functional groups attached to an aromatic ring is 1. The topological polar surface area (TPSA) is 87.1 Å². The quantitative estimate of drug-likeness (QED) is 0.458. The minimum Gasteiger partial charge on any atom is -0.744 e. The Morgan fingerprint density at radius 3 is 2.00 bits per heavy atom. The van der Waals surface area contributed by atoms with E-state index in [0.29, 0.717) is 15.6 Å². The molecule has 5 nitrogen and oxygen atoms in total. The second-order valence-electron chi connectivity index (χ2n) is 4.80. The molecule has 0 bridgehead atoms. The molecule has 2 rings (SSSR count). The van der Waals surface area contributed by atoms with Crippen molar-refractivity contribution in [2.45, 2.75) is 25.7 Å². The third-order valence-corrected chi connectivity index (χ3v) is 4.25. The molecular formula is C14H16BrFN2O3S. The SMILES string of the molecule is Cc1cc(C)c(S(=O)(=O)[O-])c(C)c1.N[n+]1cc(F)cc(Br)c1. The predicted molar refractivity (Wildman–Crippen MR) is 83.1 cm³/mol. The lowest BCUT2D eigenvalue weighted by molar-refractivity contribution is -0.641. The fourth-order valence-electron chi connectivity index (χ4n) is 2.09. The number of hydrogen-bond donors (Lipinski definition) is 1. The van der Waals surface area contributed by atoms with Gasteiger partial charge in [-0.1, -0.05) is 22.4 Å². The van der Waals surface area contributed by atoms with Gasteiger partial charge in [-0.05, 0) is 47.8 Å². The van der Waals surface area contributed by atoms with Gasteiger partial charge in [-0.3, -0.25) is 0 Å². The molecule has 0 saturated carbocycles. The highest BCUT2D eigenvalue weighted by atomic mass is 79.9. The predicted octanol–water partition coefficient (Wildman–Crippen LogP) is 2.11. The summed E-state index contributed by atoms with van der Waals surface area (Å²) in [7, 11) is -4.33. The van der Waals surface area contributed by atoms with Crippen molar-refractivity contribution in [3.63, 3.8) is 0 Å². The van der Waals surface area contributed by atoms with E-state index < -0.39 is 10.1 Å². The fraction of sp³-hybridized carbons (Fsp3) is 0.214. The lowest BCUT2D eigenvalue weighted by Gasteiger charge is -2.14. The molecule has 1 heterocycles. The molecule has 8 heteroatoms. The molecule has 0 aliphatic heterocycles. The molecule has 1 aromatic carbocycles. The first kappa shape index (κ1) is 18.5. The van der Waals surface area contributed by atoms with Crippen LogP contribution in [0.1, 0.15) is 16.7 Å². The van der Waals surface area contributed by atoms with Crippen LogP contribution in [-0.2, 0) is 10.1 Å². The van der Waals surface area contributed by atoms with Crippen LogP contribution in [0.4, 0.5) is 4.39 Å². The summed E-state index contributed by atoms with van der Waals surface area (Å²) in [6, 6.07) is 4.72. The summed E-state index contributed by atoms with van der Waals surface area (Å²) in [5, 5.41) is 0. The van der Waals surface area contributed by atoms with E-state index in [1.165, 1.54) is 12.3 Å². The molecule has 0 unspecified atom stereocenters. The minimum atomic E-state index is -4.33. The molecule has 0 atom stereocenters. The Kier molecular flexibility index (Phi) is 6.04. The molecule has 0 spiro atoms. The van der Waals surface area contributed by atoms with Crippen molar-refractivity contribution in [3.05, 3.63) is 57.6 Å². The van der Waals surface area contributed by atoms with Gasteiger partial charge in [0, 0.05) is 6.07 Å². The third-order valence-electron chi connectivity index (χ3n) is 2.68. The summed E-state index contributed by atoms with van der Waals surface area (Å²) in [6.45, 7) is 5.12. The molecule has 0 aliphatic carbocycles. The van der Waals surface area contributed by atoms with Crippen LogP contribution in [0.2, 0.25) is 0 Å². The highest BCUT2D eigenvalue weighted by molar-refractivity contribution is 9.10. The van der Waals surface area contributed by atoms with E-state index in [4.69, 9.17) is 5.84 Å². The Balaban J connectivity index is 0.000000235. The van der Waals surface area contributed by atoms with Gasteiger partial charge in [-0.2, -0.15) is 0 Å². The Bertz CT molecular complexity index is 721. The molecule has 120 valence electrons. The van der Waals surface area contributed by atoms with Crippen molar-refractivity contribution in [1.82, 2.24) is 0 Å². The second-order valence-corrected chi connectivity index (χ2v) is 7.03. The third kappa shape index (κ3) is 5.36. The first-order valence-corrected chi connectivity index (χ1v) is 8.37. The number of aryl methyl sites for hydroxylation is 3. The van der Waals surface area contributed by atoms with Crippen molar-refractivity contribution in [3.8, 4) is 0 Å². The molecule has 0 saturated heterocycles. The molecule has 0 radical (unpaired) electrons. The van der Waals surface area contributed by atoms with Crippen molar-refractivity contribution in [2.75, 3.05) is 5.84 Å². The second kappa shape index (κ2) is 7.17. The van der Waals surface area contributed by atoms with Crippen LogP contribution in [-0.4, -0.2) is 13.0 Å². The van der Waals surface area contributed by atoms with E-state index in [0.717, 1.165) is 10.2 Å². The summed E-state index contributed by atoms with van der Waals surface area (Å²) in [6.07, 6.45) is 2.74. The number of benzene rings is 1. The summed E-state index contributed by atoms with van der Waals surface area (Å²) in [4.78, 5) is -0.0851. The zero-order valence-corrected chi connectivity index (χ0v) is 14.7. The average Bonchev–Trinajstić information content (AvgIpc) is 2.23. The van der Waals surface area contributed by atoms with Gasteiger partial charge < -0.3 is 4.55 Å². The zero-order chi connectivity index (χ0) is 17.1. The van der Waals surface area contributed by atoms with Crippen LogP contribution in [0.3, 0.4) is 0 Å². The van der Waals surface area contributed by atoms with Crippen LogP contribution in [0.15, 0.2) is 40.0 Å². The number of halogens is 2. The number of nitrogens with zero attached hydrogens (tertiary/aromatic N) is 1. The largest absolute Gasteiger partial charge is 0.744 e. The van der Waals surface area contributed by atoms with Gasteiger partial charge >= 0.3 is 0 Å². The van der Waals surface area contributed by atoms with E-state index in [2.05, 4.69) is 15.9 Å². The van der Waals surface area contributed by atoms with Gasteiger partial charge in [0.05, 0.1) is 9.37 Å². The molecular weight excluding hydrogens is 375 g/mol. The summed E-state index contributed by atoms with van der Waals surface area (Å²) >= 11 is 3.07. The number of pyridine rings is 1. The van der Waals surface area contributed by atoms with Crippen LogP contribution in [0.25, 0.3) is 0 Å². The van der Waals surface area contributed by atoms with Gasteiger partial charge in [0.2, 0.25) is 12.4 Å². The summed E-state index contributed by atoms with van der Waals surface area (Å²) in [5.74, 6) is 4.85. The van der Waals surface area contributed by atoms with E-state index in [9.17, 15) is 17.4 Å². The maximum Gasteiger partial charge on any atom is 0.234 e. The first-order valence-electron chi connectivity index (χ1n) is 6.17. The number of nitrogens with two attached hydrogens (primary N) is 1. The van der Waals surface area contributed by atoms with Crippen molar-refractivity contribution < 1.29 is 22.0 Å². The molecule has 0 aliphatic rings. The highest BCUT2D eigenvalue weighted by Crippen LogP contribution is 2.20. The van der Waals surface area contributed by atoms with Crippen molar-refractivity contribution in [1.29, 1.82) is 0 Å². The van der Waals surface area contributed by atoms with Gasteiger partial charge in [0.25, 0.3) is 0 Å². The zero-order valence-electron chi connectivity index (χ0n) is 12.3. The van der Waals surface area contributed by atoms with Crippen molar-refractivity contribution in [2.24, 2.45) is 0 Å². The Morgan fingerprint density at radius 2 is 1.64 bits per heavy atom. The fourth-order valence-corrected chi connectivity index (χ4v) is 3.45. The number of hydrogen-bond acceptors (Lipinski definition) is 4. The number of rotatable bonds is 1. The monoisotopic (exact) mass is 390 g/mol. The lowest BCUT2D eigenvalue weighted by atomic mass is 10.1. The van der Waals surface area contributed by atoms with Gasteiger partial charge in [0.15, 0.2) is 5.82 Å². The molecule has 2 N–H and O–H groups in total. The minimum absolute atomic E-state index is 0.0851. The van der Waals surface area contributed by atoms with Crippen LogP contribution >= 0.6 is 15.9 Å². The van der Waals surface area contributed by atoms with E-state index in [1.54, 1.807) is 32.2 Å². The van der Waals surface area contributed by atoms with E-state index in [1.807, 2.05) is 6.92 Å². The Morgan fingerprint density at radius 1 is 1.14 bits per heavy atom. The maximum atomic E-state index is 12.3. The van der Waals surface area contributed by atoms with Gasteiger partial charge in [-0.25, -0.2) is 18.7 Å². The molecule has 0 amide bonds. The van der Waals surface area contributed by atoms with Gasteiger partial charge in [-0.15, -0.1) is 0 Å². The normalized spacial score (nSPS) is 10.8. The van der Waals surface area contributed by atoms with Crippen molar-refractivity contribution >= 4 is 26.0 Å². The smallest absolute Gasteiger partial charge is 0.234 e. The Hall–Kier alpha value is -1.51. The van der Waals surface area contributed by atoms with E-state index >= 15 is 0 Å². The Labute approximate surface area is 137 Å². The molecule has 2 aromatic rings. The molecule has 1 aromatic heterocycles. The number of aromatic nitrogens is 1. The van der Waals surface area contributed by atoms with Crippen LogP contribution in [0.5, 0.6) is 0 Å². The summed E-state index contributed by atoms with van der Waals surface area (Å²) < 4.78 is 46.6. The van der Waals surface area contributed by atoms with Gasteiger partial charge in [0.1, 0.15) is 10.1 Å². The van der Waals surface area contributed by atoms with E-state index in [-0.39, 0.29) is 10.7 Å². The maximum absolute atomic E-state index is 12.3. The first-order chi connectivity index (χ1) is 10.0. The molecule has 22 heavy (non-hydrogen) atoms. The highest BCUT2D eigenvalue weighted by Gasteiger charge is 2.09.